The number of carbonyl (C=O) groups is 2. The normalized spacial score (nSPS) is 21.1. The molecule has 0 aromatic heterocycles. The summed E-state index contributed by atoms with van der Waals surface area (Å²) < 4.78 is 0. The molecule has 1 aliphatic carbocycles. The number of amides is 2. The molecular weight excluding hydrogens is 288 g/mol. The first-order chi connectivity index (χ1) is 11.2. The van der Waals surface area contributed by atoms with E-state index in [1.165, 1.54) is 5.56 Å². The van der Waals surface area contributed by atoms with E-state index in [1.54, 1.807) is 0 Å². The van der Waals surface area contributed by atoms with Crippen LogP contribution in [0.15, 0.2) is 42.5 Å². The molecule has 0 spiro atoms. The van der Waals surface area contributed by atoms with Crippen molar-refractivity contribution in [3.63, 3.8) is 0 Å². The molecule has 4 nitrogen and oxygen atoms in total. The summed E-state index contributed by atoms with van der Waals surface area (Å²) in [7, 11) is 0. The smallest absolute Gasteiger partial charge is 0.223 e. The number of allylic oxidation sites excluding steroid dienone is 2. The molecule has 1 fully saturated rings. The molecule has 0 bridgehead atoms. The van der Waals surface area contributed by atoms with Gasteiger partial charge in [0.1, 0.15) is 0 Å². The Hall–Kier alpha value is -2.10. The summed E-state index contributed by atoms with van der Waals surface area (Å²) in [5, 5.41) is 3.02. The summed E-state index contributed by atoms with van der Waals surface area (Å²) in [5.74, 6) is 0.686. The molecule has 0 radical (unpaired) electrons. The highest BCUT2D eigenvalue weighted by Crippen LogP contribution is 2.20. The third kappa shape index (κ3) is 4.21. The summed E-state index contributed by atoms with van der Waals surface area (Å²) in [6, 6.07) is 10.2. The van der Waals surface area contributed by atoms with Crippen molar-refractivity contribution in [2.75, 3.05) is 19.6 Å². The summed E-state index contributed by atoms with van der Waals surface area (Å²) in [6.07, 6.45) is 7.26. The molecule has 2 amide bonds. The van der Waals surface area contributed by atoms with E-state index in [2.05, 4.69) is 29.6 Å². The van der Waals surface area contributed by atoms with Crippen LogP contribution in [0.3, 0.4) is 0 Å². The van der Waals surface area contributed by atoms with E-state index in [0.29, 0.717) is 13.0 Å². The summed E-state index contributed by atoms with van der Waals surface area (Å²) >= 11 is 0. The SMILES string of the molecule is O=C(NC[C@@H]1CC(=O)N(CCc2ccccc2)C1)C1CC=CC1. The molecule has 1 atom stereocenters. The minimum absolute atomic E-state index is 0.0984. The second-order valence-corrected chi connectivity index (χ2v) is 6.53. The molecule has 3 rings (SSSR count). The zero-order chi connectivity index (χ0) is 16.1. The molecular formula is C19H24N2O2. The highest BCUT2D eigenvalue weighted by molar-refractivity contribution is 5.80. The second kappa shape index (κ2) is 7.44. The van der Waals surface area contributed by atoms with E-state index in [9.17, 15) is 9.59 Å². The molecule has 2 aliphatic rings. The third-order valence-electron chi connectivity index (χ3n) is 4.75. The number of hydrogen-bond donors (Lipinski definition) is 1. The average molecular weight is 312 g/mol. The minimum atomic E-state index is 0.0984. The monoisotopic (exact) mass is 312 g/mol. The van der Waals surface area contributed by atoms with Crippen LogP contribution in [-0.2, 0) is 16.0 Å². The fraction of sp³-hybridized carbons (Fsp3) is 0.474. The van der Waals surface area contributed by atoms with Gasteiger partial charge in [-0.1, -0.05) is 42.5 Å². The van der Waals surface area contributed by atoms with Crippen LogP contribution in [-0.4, -0.2) is 36.3 Å². The van der Waals surface area contributed by atoms with Gasteiger partial charge in [0.05, 0.1) is 0 Å². The van der Waals surface area contributed by atoms with E-state index in [-0.39, 0.29) is 23.7 Å². The van der Waals surface area contributed by atoms with Gasteiger partial charge in [-0.25, -0.2) is 0 Å². The van der Waals surface area contributed by atoms with Gasteiger partial charge in [-0.05, 0) is 24.8 Å². The number of nitrogens with one attached hydrogen (secondary N) is 1. The molecule has 1 heterocycles. The van der Waals surface area contributed by atoms with E-state index in [4.69, 9.17) is 0 Å². The Bertz CT molecular complexity index is 574. The Kier molecular flexibility index (Phi) is 5.11. The van der Waals surface area contributed by atoms with E-state index >= 15 is 0 Å². The summed E-state index contributed by atoms with van der Waals surface area (Å²) in [6.45, 7) is 2.14. The molecule has 1 aliphatic heterocycles. The Morgan fingerprint density at radius 3 is 2.65 bits per heavy atom. The van der Waals surface area contributed by atoms with Crippen LogP contribution in [0.5, 0.6) is 0 Å². The largest absolute Gasteiger partial charge is 0.355 e. The van der Waals surface area contributed by atoms with Crippen LogP contribution in [0.2, 0.25) is 0 Å². The highest BCUT2D eigenvalue weighted by Gasteiger charge is 2.30. The zero-order valence-electron chi connectivity index (χ0n) is 13.4. The van der Waals surface area contributed by atoms with Crippen molar-refractivity contribution in [2.24, 2.45) is 11.8 Å². The molecule has 0 saturated carbocycles. The first kappa shape index (κ1) is 15.8. The topological polar surface area (TPSA) is 49.4 Å². The van der Waals surface area contributed by atoms with E-state index in [1.807, 2.05) is 23.1 Å². The maximum absolute atomic E-state index is 12.1. The molecule has 1 aromatic carbocycles. The van der Waals surface area contributed by atoms with Gasteiger partial charge in [0, 0.05) is 37.9 Å². The Labute approximate surface area is 137 Å². The van der Waals surface area contributed by atoms with Gasteiger partial charge in [-0.2, -0.15) is 0 Å². The molecule has 1 saturated heterocycles. The van der Waals surface area contributed by atoms with Crippen LogP contribution in [0, 0.1) is 11.8 Å². The van der Waals surface area contributed by atoms with Gasteiger partial charge in [-0.3, -0.25) is 9.59 Å². The lowest BCUT2D eigenvalue weighted by Crippen LogP contribution is -2.34. The molecule has 122 valence electrons. The highest BCUT2D eigenvalue weighted by atomic mass is 16.2. The van der Waals surface area contributed by atoms with Gasteiger partial charge >= 0.3 is 0 Å². The lowest BCUT2D eigenvalue weighted by molar-refractivity contribution is -0.128. The first-order valence-corrected chi connectivity index (χ1v) is 8.47. The van der Waals surface area contributed by atoms with Gasteiger partial charge in [-0.15, -0.1) is 0 Å². The number of nitrogens with zero attached hydrogens (tertiary/aromatic N) is 1. The van der Waals surface area contributed by atoms with Gasteiger partial charge in [0.15, 0.2) is 0 Å². The molecule has 23 heavy (non-hydrogen) atoms. The van der Waals surface area contributed by atoms with Crippen molar-refractivity contribution >= 4 is 11.8 Å². The Balaban J connectivity index is 1.41. The van der Waals surface area contributed by atoms with Gasteiger partial charge in [0.25, 0.3) is 0 Å². The van der Waals surface area contributed by atoms with Crippen molar-refractivity contribution in [3.8, 4) is 0 Å². The second-order valence-electron chi connectivity index (χ2n) is 6.53. The Morgan fingerprint density at radius 1 is 1.17 bits per heavy atom. The standard InChI is InChI=1S/C19H24N2O2/c22-18-12-16(13-20-19(23)17-8-4-5-9-17)14-21(18)11-10-15-6-2-1-3-7-15/h1-7,16-17H,8-14H2,(H,20,23)/t16-/m0/s1. The fourth-order valence-corrected chi connectivity index (χ4v) is 3.34. The summed E-state index contributed by atoms with van der Waals surface area (Å²) in [5.41, 5.74) is 1.26. The first-order valence-electron chi connectivity index (χ1n) is 8.47. The predicted molar refractivity (Wildman–Crippen MR) is 89.7 cm³/mol. The van der Waals surface area contributed by atoms with Crippen LogP contribution in [0.1, 0.15) is 24.8 Å². The minimum Gasteiger partial charge on any atom is -0.355 e. The van der Waals surface area contributed by atoms with Crippen LogP contribution >= 0.6 is 0 Å². The zero-order valence-corrected chi connectivity index (χ0v) is 13.4. The Morgan fingerprint density at radius 2 is 1.91 bits per heavy atom. The van der Waals surface area contributed by atoms with Gasteiger partial charge < -0.3 is 10.2 Å². The molecule has 1 aromatic rings. The van der Waals surface area contributed by atoms with Crippen molar-refractivity contribution in [1.82, 2.24) is 10.2 Å². The number of rotatable bonds is 6. The van der Waals surface area contributed by atoms with Crippen molar-refractivity contribution in [3.05, 3.63) is 48.0 Å². The van der Waals surface area contributed by atoms with Crippen molar-refractivity contribution in [2.45, 2.75) is 25.7 Å². The molecule has 4 heteroatoms. The lowest BCUT2D eigenvalue weighted by atomic mass is 10.1. The fourth-order valence-electron chi connectivity index (χ4n) is 3.34. The third-order valence-corrected chi connectivity index (χ3v) is 4.75. The van der Waals surface area contributed by atoms with Crippen molar-refractivity contribution in [1.29, 1.82) is 0 Å². The van der Waals surface area contributed by atoms with Crippen LogP contribution in [0.4, 0.5) is 0 Å². The molecule has 0 unspecified atom stereocenters. The van der Waals surface area contributed by atoms with E-state index < -0.39 is 0 Å². The maximum Gasteiger partial charge on any atom is 0.223 e. The van der Waals surface area contributed by atoms with Crippen molar-refractivity contribution < 1.29 is 9.59 Å². The number of benzene rings is 1. The van der Waals surface area contributed by atoms with E-state index in [0.717, 1.165) is 32.4 Å². The maximum atomic E-state index is 12.1. The quantitative estimate of drug-likeness (QED) is 0.818. The van der Waals surface area contributed by atoms with Crippen LogP contribution < -0.4 is 5.32 Å². The number of carbonyl (C=O) groups excluding carboxylic acids is 2. The lowest BCUT2D eigenvalue weighted by Gasteiger charge is -2.17. The van der Waals surface area contributed by atoms with Crippen LogP contribution in [0.25, 0.3) is 0 Å². The molecule has 1 N–H and O–H groups in total. The number of likely N-dealkylation sites (tertiary alicyclic amines) is 1. The predicted octanol–water partition coefficient (Wildman–Crippen LogP) is 2.16. The van der Waals surface area contributed by atoms with Gasteiger partial charge in [0.2, 0.25) is 11.8 Å². The summed E-state index contributed by atoms with van der Waals surface area (Å²) in [4.78, 5) is 26.1. The number of hydrogen-bond acceptors (Lipinski definition) is 2. The average Bonchev–Trinajstić information content (AvgIpc) is 3.22.